The summed E-state index contributed by atoms with van der Waals surface area (Å²) in [6.45, 7) is 2.36. The van der Waals surface area contributed by atoms with Gasteiger partial charge in [-0.3, -0.25) is 23.4 Å². The first-order valence-corrected chi connectivity index (χ1v) is 9.20. The van der Waals surface area contributed by atoms with Crippen LogP contribution in [0.5, 0.6) is 0 Å². The number of ether oxygens (including phenoxy) is 2. The Bertz CT molecular complexity index is 550. The van der Waals surface area contributed by atoms with Crippen LogP contribution in [-0.4, -0.2) is 61.0 Å². The lowest BCUT2D eigenvalue weighted by Crippen LogP contribution is -2.29. The van der Waals surface area contributed by atoms with Crippen LogP contribution >= 0.6 is 7.82 Å². The third kappa shape index (κ3) is 14.5. The van der Waals surface area contributed by atoms with Gasteiger partial charge >= 0.3 is 19.8 Å². The topological polar surface area (TPSA) is 155 Å². The summed E-state index contributed by atoms with van der Waals surface area (Å²) in [4.78, 5) is 53.3. The Morgan fingerprint density at radius 3 is 2.19 bits per heavy atom. The van der Waals surface area contributed by atoms with E-state index in [2.05, 4.69) is 19.1 Å². The zero-order valence-corrected chi connectivity index (χ0v) is 15.8. The molecule has 0 aromatic carbocycles. The summed E-state index contributed by atoms with van der Waals surface area (Å²) in [5.74, 6) is -1.83. The number of Topliss-reactive ketones (excluding diaryl/α,β-unsaturated/α-hetero) is 1. The number of hydrogen-bond donors (Lipinski definition) is 2. The Morgan fingerprint density at radius 1 is 1.00 bits per heavy atom. The molecule has 11 nitrogen and oxygen atoms in total. The Balaban J connectivity index is 4.18. The van der Waals surface area contributed by atoms with Crippen LogP contribution in [0.1, 0.15) is 33.6 Å². The lowest BCUT2D eigenvalue weighted by molar-refractivity contribution is -0.158. The number of phosphoric ester groups is 1. The molecule has 0 saturated carbocycles. The van der Waals surface area contributed by atoms with Crippen molar-refractivity contribution in [1.82, 2.24) is 5.32 Å². The van der Waals surface area contributed by atoms with E-state index in [0.717, 1.165) is 13.8 Å². The summed E-state index contributed by atoms with van der Waals surface area (Å²) < 4.78 is 30.5. The summed E-state index contributed by atoms with van der Waals surface area (Å²) in [6, 6.07) is 0. The van der Waals surface area contributed by atoms with Crippen molar-refractivity contribution in [3.63, 3.8) is 0 Å². The van der Waals surface area contributed by atoms with E-state index in [9.17, 15) is 28.6 Å². The summed E-state index contributed by atoms with van der Waals surface area (Å²) in [7, 11) is -4.47. The van der Waals surface area contributed by atoms with Crippen molar-refractivity contribution in [3.05, 3.63) is 0 Å². The Morgan fingerprint density at radius 2 is 1.65 bits per heavy atom. The fourth-order valence-corrected chi connectivity index (χ4v) is 2.26. The van der Waals surface area contributed by atoms with E-state index in [-0.39, 0.29) is 38.4 Å². The molecule has 2 N–H and O–H groups in total. The highest BCUT2D eigenvalue weighted by Gasteiger charge is 2.25. The molecule has 0 radical (unpaired) electrons. The summed E-state index contributed by atoms with van der Waals surface area (Å²) >= 11 is 0. The minimum absolute atomic E-state index is 0.0167. The number of nitrogens with one attached hydrogen (secondary N) is 1. The van der Waals surface area contributed by atoms with Crippen LogP contribution in [0.4, 0.5) is 0 Å². The average Bonchev–Trinajstić information content (AvgIpc) is 2.51. The minimum Gasteiger partial charge on any atom is -0.462 e. The van der Waals surface area contributed by atoms with Crippen LogP contribution in [0.25, 0.3) is 0 Å². The van der Waals surface area contributed by atoms with Crippen molar-refractivity contribution in [2.24, 2.45) is 0 Å². The van der Waals surface area contributed by atoms with Gasteiger partial charge in [-0.1, -0.05) is 0 Å². The fraction of sp³-hybridized carbons (Fsp3) is 0.714. The molecular formula is C14H24NO10P. The minimum atomic E-state index is -4.47. The van der Waals surface area contributed by atoms with E-state index in [0.29, 0.717) is 0 Å². The van der Waals surface area contributed by atoms with E-state index in [1.807, 2.05) is 0 Å². The molecule has 2 unspecified atom stereocenters. The molecule has 0 fully saturated rings. The van der Waals surface area contributed by atoms with Crippen molar-refractivity contribution < 1.29 is 47.2 Å². The van der Waals surface area contributed by atoms with E-state index in [1.165, 1.54) is 6.92 Å². The van der Waals surface area contributed by atoms with Crippen LogP contribution in [0.15, 0.2) is 0 Å². The van der Waals surface area contributed by atoms with Gasteiger partial charge in [0, 0.05) is 33.2 Å². The standard InChI is InChI=1S/C14H24NO10P/c1-10(16)4-5-14(19)15-6-7-23-26(20,21)24-9-13(25-12(3)18)8-22-11(2)17/h13H,4-9H2,1-3H3,(H,15,19)(H,20,21). The SMILES string of the molecule is CC(=O)CCC(=O)NCCOP(=O)(O)OCC(COC(C)=O)OC(C)=O. The summed E-state index contributed by atoms with van der Waals surface area (Å²) in [6.07, 6.45) is -0.955. The lowest BCUT2D eigenvalue weighted by Gasteiger charge is -2.18. The fourth-order valence-electron chi connectivity index (χ4n) is 1.51. The number of carbonyl (C=O) groups is 4. The molecule has 0 aromatic rings. The molecule has 1 amide bonds. The Labute approximate surface area is 150 Å². The summed E-state index contributed by atoms with van der Waals surface area (Å²) in [5, 5.41) is 2.40. The van der Waals surface area contributed by atoms with E-state index >= 15 is 0 Å². The third-order valence-corrected chi connectivity index (χ3v) is 3.60. The molecule has 0 spiro atoms. The van der Waals surface area contributed by atoms with Crippen LogP contribution in [0, 0.1) is 0 Å². The molecule has 0 heterocycles. The van der Waals surface area contributed by atoms with Crippen LogP contribution in [-0.2, 0) is 42.3 Å². The molecule has 0 aromatic heterocycles. The Hall–Kier alpha value is -1.81. The maximum atomic E-state index is 11.7. The van der Waals surface area contributed by atoms with E-state index < -0.39 is 38.4 Å². The van der Waals surface area contributed by atoms with Crippen molar-refractivity contribution in [1.29, 1.82) is 0 Å². The van der Waals surface area contributed by atoms with Crippen molar-refractivity contribution in [2.45, 2.75) is 39.7 Å². The second-order valence-corrected chi connectivity index (χ2v) is 6.64. The maximum Gasteiger partial charge on any atom is 0.472 e. The number of hydrogen-bond acceptors (Lipinski definition) is 9. The van der Waals surface area contributed by atoms with Gasteiger partial charge in [-0.2, -0.15) is 0 Å². The van der Waals surface area contributed by atoms with E-state index in [1.54, 1.807) is 0 Å². The first kappa shape index (κ1) is 24.2. The van der Waals surface area contributed by atoms with Crippen LogP contribution in [0.3, 0.4) is 0 Å². The van der Waals surface area contributed by atoms with Gasteiger partial charge in [0.1, 0.15) is 12.4 Å². The van der Waals surface area contributed by atoms with Gasteiger partial charge in [0.15, 0.2) is 6.10 Å². The average molecular weight is 397 g/mol. The predicted molar refractivity (Wildman–Crippen MR) is 86.8 cm³/mol. The third-order valence-electron chi connectivity index (χ3n) is 2.61. The molecular weight excluding hydrogens is 373 g/mol. The summed E-state index contributed by atoms with van der Waals surface area (Å²) in [5.41, 5.74) is 0. The molecule has 0 rings (SSSR count). The van der Waals surface area contributed by atoms with Gasteiger partial charge in [-0.25, -0.2) is 4.57 Å². The number of phosphoric acid groups is 1. The van der Waals surface area contributed by atoms with Gasteiger partial charge in [0.05, 0.1) is 13.2 Å². The van der Waals surface area contributed by atoms with Crippen molar-refractivity contribution in [3.8, 4) is 0 Å². The maximum absolute atomic E-state index is 11.7. The number of ketones is 1. The van der Waals surface area contributed by atoms with Crippen LogP contribution in [0.2, 0.25) is 0 Å². The lowest BCUT2D eigenvalue weighted by atomic mass is 10.2. The highest BCUT2D eigenvalue weighted by atomic mass is 31.2. The van der Waals surface area contributed by atoms with E-state index in [4.69, 9.17) is 4.74 Å². The smallest absolute Gasteiger partial charge is 0.462 e. The normalized spacial score (nSPS) is 14.0. The van der Waals surface area contributed by atoms with Gasteiger partial charge in [0.2, 0.25) is 5.91 Å². The molecule has 12 heteroatoms. The number of rotatable bonds is 13. The van der Waals surface area contributed by atoms with Crippen molar-refractivity contribution >= 4 is 31.5 Å². The first-order chi connectivity index (χ1) is 12.0. The zero-order valence-electron chi connectivity index (χ0n) is 14.9. The number of amides is 1. The molecule has 26 heavy (non-hydrogen) atoms. The molecule has 0 aliphatic carbocycles. The second kappa shape index (κ2) is 12.5. The molecule has 0 bridgehead atoms. The predicted octanol–water partition coefficient (Wildman–Crippen LogP) is 0.100. The number of carbonyl (C=O) groups excluding carboxylic acids is 4. The van der Waals surface area contributed by atoms with Gasteiger partial charge in [-0.15, -0.1) is 0 Å². The van der Waals surface area contributed by atoms with Crippen molar-refractivity contribution in [2.75, 3.05) is 26.4 Å². The molecule has 0 aliphatic heterocycles. The van der Waals surface area contributed by atoms with Crippen LogP contribution < -0.4 is 5.32 Å². The Kier molecular flexibility index (Phi) is 11.7. The quantitative estimate of drug-likeness (QED) is 0.248. The van der Waals surface area contributed by atoms with Gasteiger partial charge in [0.25, 0.3) is 0 Å². The monoisotopic (exact) mass is 397 g/mol. The second-order valence-electron chi connectivity index (χ2n) is 5.18. The van der Waals surface area contributed by atoms with Gasteiger partial charge in [-0.05, 0) is 6.92 Å². The highest BCUT2D eigenvalue weighted by Crippen LogP contribution is 2.43. The largest absolute Gasteiger partial charge is 0.472 e. The zero-order chi connectivity index (χ0) is 20.2. The molecule has 150 valence electrons. The highest BCUT2D eigenvalue weighted by molar-refractivity contribution is 7.47. The molecule has 0 saturated heterocycles. The number of esters is 2. The molecule has 2 atom stereocenters. The first-order valence-electron chi connectivity index (χ1n) is 7.70. The molecule has 0 aliphatic rings. The van der Waals surface area contributed by atoms with Gasteiger partial charge < -0.3 is 24.5 Å².